The quantitative estimate of drug-likeness (QED) is 0.190. The van der Waals surface area contributed by atoms with E-state index >= 15 is 0 Å². The molecule has 224 valence electrons. The number of carbonyl (C=O) groups is 4. The number of Topliss-reactive ketones (excluding diaryl/α,β-unsaturated/α-hetero) is 1. The third-order valence-corrected chi connectivity index (χ3v) is 7.83. The summed E-state index contributed by atoms with van der Waals surface area (Å²) in [5.74, 6) is -1.55. The van der Waals surface area contributed by atoms with Gasteiger partial charge in [-0.05, 0) is 35.4 Å². The van der Waals surface area contributed by atoms with Crippen LogP contribution in [0.4, 0.5) is 0 Å². The zero-order chi connectivity index (χ0) is 30.4. The summed E-state index contributed by atoms with van der Waals surface area (Å²) in [5, 5.41) is 18.6. The number of nitrogens with zero attached hydrogens (tertiary/aromatic N) is 2. The van der Waals surface area contributed by atoms with E-state index in [-0.39, 0.29) is 43.4 Å². The molecule has 0 spiro atoms. The molecule has 42 heavy (non-hydrogen) atoms. The van der Waals surface area contributed by atoms with Crippen LogP contribution in [0.3, 0.4) is 0 Å². The molecule has 1 amide bonds. The molecule has 0 saturated heterocycles. The average molecular weight is 601 g/mol. The third-order valence-electron chi connectivity index (χ3n) is 6.75. The minimum absolute atomic E-state index is 0.0474. The van der Waals surface area contributed by atoms with Crippen LogP contribution in [0.2, 0.25) is 0 Å². The molecular weight excluding hydrogens is 568 g/mol. The molecule has 0 aliphatic carbocycles. The van der Waals surface area contributed by atoms with Gasteiger partial charge in [-0.3, -0.25) is 19.2 Å². The molecule has 3 heterocycles. The monoisotopic (exact) mass is 600 g/mol. The number of amides is 1. The molecule has 1 unspecified atom stereocenters. The van der Waals surface area contributed by atoms with E-state index in [1.165, 1.54) is 32.5 Å². The summed E-state index contributed by atoms with van der Waals surface area (Å²) in [7, 11) is 3.03. The Balaban J connectivity index is 1.33. The molecular formula is C29H32N2O10S. The Hall–Kier alpha value is -4.39. The SMILES string of the molecule is COc1cc2c(cc1OCCCOc1nc3sc(C(=O)CC(C)C(=O)O)cc3cc1OC)CN(C(=O)CCC(=O)O)C2. The van der Waals surface area contributed by atoms with Crippen molar-refractivity contribution in [1.82, 2.24) is 9.88 Å². The number of carbonyl (C=O) groups excluding carboxylic acids is 2. The van der Waals surface area contributed by atoms with Gasteiger partial charge in [-0.25, -0.2) is 0 Å². The standard InChI is InChI=1S/C29H32N2O10S/c1-16(29(36)37)9-20(32)24-13-17-10-23(39-3)27(30-28(17)42-24)41-8-4-7-40-22-12-19-15-31(25(33)5-6-26(34)35)14-18(19)11-21(22)38-2/h10-13,16H,4-9,14-15H2,1-3H3,(H,34,35)(H,36,37). The van der Waals surface area contributed by atoms with Gasteiger partial charge in [0.05, 0.1) is 44.6 Å². The molecule has 1 aliphatic heterocycles. The van der Waals surface area contributed by atoms with Gasteiger partial charge in [0, 0.05) is 37.7 Å². The second-order valence-corrected chi connectivity index (χ2v) is 10.9. The van der Waals surface area contributed by atoms with E-state index < -0.39 is 17.9 Å². The minimum atomic E-state index is -1.02. The van der Waals surface area contributed by atoms with Gasteiger partial charge in [-0.1, -0.05) is 6.92 Å². The van der Waals surface area contributed by atoms with Crippen LogP contribution in [-0.4, -0.2) is 71.2 Å². The Kier molecular flexibility index (Phi) is 9.84. The number of benzene rings is 1. The largest absolute Gasteiger partial charge is 0.493 e. The fraction of sp³-hybridized carbons (Fsp3) is 0.414. The van der Waals surface area contributed by atoms with Crippen LogP contribution in [-0.2, 0) is 27.5 Å². The van der Waals surface area contributed by atoms with Crippen LogP contribution in [0.1, 0.15) is 53.4 Å². The summed E-state index contributed by atoms with van der Waals surface area (Å²) in [6.45, 7) is 2.83. The summed E-state index contributed by atoms with van der Waals surface area (Å²) >= 11 is 1.17. The highest BCUT2D eigenvalue weighted by Gasteiger charge is 2.26. The van der Waals surface area contributed by atoms with E-state index in [0.29, 0.717) is 58.5 Å². The number of carboxylic acids is 2. The Bertz CT molecular complexity index is 1500. The first-order valence-corrected chi connectivity index (χ1v) is 14.1. The van der Waals surface area contributed by atoms with Gasteiger partial charge >= 0.3 is 11.9 Å². The van der Waals surface area contributed by atoms with E-state index in [1.807, 2.05) is 12.1 Å². The van der Waals surface area contributed by atoms with Crippen molar-refractivity contribution in [2.24, 2.45) is 5.92 Å². The number of ether oxygens (including phenoxy) is 4. The smallest absolute Gasteiger partial charge is 0.306 e. The number of aromatic nitrogens is 1. The number of fused-ring (bicyclic) bond motifs is 2. The predicted octanol–water partition coefficient (Wildman–Crippen LogP) is 4.16. The maximum Gasteiger partial charge on any atom is 0.306 e. The van der Waals surface area contributed by atoms with Crippen molar-refractivity contribution in [2.45, 2.75) is 45.7 Å². The first-order chi connectivity index (χ1) is 20.1. The topological polar surface area (TPSA) is 162 Å². The Morgan fingerprint density at radius 3 is 2.24 bits per heavy atom. The van der Waals surface area contributed by atoms with Crippen LogP contribution >= 0.6 is 11.3 Å². The van der Waals surface area contributed by atoms with Gasteiger partial charge in [0.25, 0.3) is 5.88 Å². The lowest BCUT2D eigenvalue weighted by molar-refractivity contribution is -0.141. The van der Waals surface area contributed by atoms with Crippen LogP contribution in [0.5, 0.6) is 23.1 Å². The second kappa shape index (κ2) is 13.5. The maximum absolute atomic E-state index is 12.5. The number of hydrogen-bond acceptors (Lipinski definition) is 10. The molecule has 13 heteroatoms. The van der Waals surface area contributed by atoms with E-state index in [2.05, 4.69) is 4.98 Å². The van der Waals surface area contributed by atoms with Crippen LogP contribution in [0.25, 0.3) is 10.2 Å². The van der Waals surface area contributed by atoms with E-state index in [0.717, 1.165) is 11.1 Å². The normalized spacial score (nSPS) is 13.0. The van der Waals surface area contributed by atoms with E-state index in [1.54, 1.807) is 17.0 Å². The highest BCUT2D eigenvalue weighted by molar-refractivity contribution is 7.20. The van der Waals surface area contributed by atoms with Gasteiger partial charge in [0.15, 0.2) is 23.0 Å². The van der Waals surface area contributed by atoms with Crippen molar-refractivity contribution in [1.29, 1.82) is 0 Å². The molecule has 12 nitrogen and oxygen atoms in total. The third kappa shape index (κ3) is 7.27. The van der Waals surface area contributed by atoms with Crippen molar-refractivity contribution >= 4 is 45.2 Å². The molecule has 1 aliphatic rings. The highest BCUT2D eigenvalue weighted by atomic mass is 32.1. The number of aliphatic carboxylic acids is 2. The van der Waals surface area contributed by atoms with Crippen LogP contribution < -0.4 is 18.9 Å². The van der Waals surface area contributed by atoms with Crippen molar-refractivity contribution in [2.75, 3.05) is 27.4 Å². The molecule has 0 fully saturated rings. The molecule has 4 rings (SSSR count). The summed E-state index contributed by atoms with van der Waals surface area (Å²) in [6, 6.07) is 7.08. The summed E-state index contributed by atoms with van der Waals surface area (Å²) in [5.41, 5.74) is 1.84. The molecule has 2 aromatic heterocycles. The van der Waals surface area contributed by atoms with Crippen molar-refractivity contribution in [3.05, 3.63) is 40.3 Å². The van der Waals surface area contributed by atoms with Crippen molar-refractivity contribution in [3.63, 3.8) is 0 Å². The van der Waals surface area contributed by atoms with Gasteiger partial charge < -0.3 is 34.1 Å². The molecule has 0 saturated carbocycles. The minimum Gasteiger partial charge on any atom is -0.493 e. The summed E-state index contributed by atoms with van der Waals surface area (Å²) in [4.78, 5) is 53.9. The lowest BCUT2D eigenvalue weighted by Crippen LogP contribution is -2.25. The van der Waals surface area contributed by atoms with Gasteiger partial charge in [0.2, 0.25) is 5.91 Å². The number of rotatable bonds is 15. The summed E-state index contributed by atoms with van der Waals surface area (Å²) in [6.07, 6.45) is 0.155. The van der Waals surface area contributed by atoms with Gasteiger partial charge in [-0.2, -0.15) is 4.98 Å². The van der Waals surface area contributed by atoms with Crippen LogP contribution in [0.15, 0.2) is 24.3 Å². The lowest BCUT2D eigenvalue weighted by Gasteiger charge is -2.14. The Labute approximate surface area is 245 Å². The zero-order valence-electron chi connectivity index (χ0n) is 23.5. The second-order valence-electron chi connectivity index (χ2n) is 9.83. The fourth-order valence-corrected chi connectivity index (χ4v) is 5.38. The number of pyridine rings is 1. The number of methoxy groups -OCH3 is 2. The van der Waals surface area contributed by atoms with Crippen LogP contribution in [0, 0.1) is 5.92 Å². The highest BCUT2D eigenvalue weighted by Crippen LogP contribution is 2.36. The summed E-state index contributed by atoms with van der Waals surface area (Å²) < 4.78 is 22.7. The van der Waals surface area contributed by atoms with E-state index in [4.69, 9.17) is 29.2 Å². The Morgan fingerprint density at radius 1 is 0.929 bits per heavy atom. The van der Waals surface area contributed by atoms with Gasteiger partial charge in [0.1, 0.15) is 4.83 Å². The molecule has 0 radical (unpaired) electrons. The first-order valence-electron chi connectivity index (χ1n) is 13.3. The number of ketones is 1. The van der Waals surface area contributed by atoms with Crippen molar-refractivity contribution < 1.29 is 48.3 Å². The number of hydrogen-bond donors (Lipinski definition) is 2. The van der Waals surface area contributed by atoms with Crippen molar-refractivity contribution in [3.8, 4) is 23.1 Å². The molecule has 2 N–H and O–H groups in total. The molecule has 3 aromatic rings. The first kappa shape index (κ1) is 30.6. The fourth-order valence-electron chi connectivity index (χ4n) is 4.43. The number of carboxylic acid groups (broad SMARTS) is 2. The predicted molar refractivity (Wildman–Crippen MR) is 152 cm³/mol. The molecule has 0 bridgehead atoms. The maximum atomic E-state index is 12.5. The van der Waals surface area contributed by atoms with E-state index in [9.17, 15) is 19.2 Å². The molecule has 1 aromatic carbocycles. The average Bonchev–Trinajstić information content (AvgIpc) is 3.58. The van der Waals surface area contributed by atoms with Gasteiger partial charge in [-0.15, -0.1) is 11.3 Å². The molecule has 1 atom stereocenters. The Morgan fingerprint density at radius 2 is 1.60 bits per heavy atom. The zero-order valence-corrected chi connectivity index (χ0v) is 24.3. The lowest BCUT2D eigenvalue weighted by atomic mass is 10.0. The number of thiophene rings is 1.